The molecule has 2 aliphatic heterocycles. The molecule has 1 atom stereocenters. The first-order chi connectivity index (χ1) is 12.7. The lowest BCUT2D eigenvalue weighted by atomic mass is 10.0. The Labute approximate surface area is 155 Å². The summed E-state index contributed by atoms with van der Waals surface area (Å²) in [6.45, 7) is 5.56. The highest BCUT2D eigenvalue weighted by Gasteiger charge is 2.30. The van der Waals surface area contributed by atoms with E-state index >= 15 is 0 Å². The van der Waals surface area contributed by atoms with E-state index in [1.165, 1.54) is 22.0 Å². The van der Waals surface area contributed by atoms with Gasteiger partial charge in [-0.3, -0.25) is 4.79 Å². The van der Waals surface area contributed by atoms with Crippen LogP contribution in [0.4, 0.5) is 0 Å². The van der Waals surface area contributed by atoms with Crippen molar-refractivity contribution >= 4 is 16.8 Å². The van der Waals surface area contributed by atoms with Crippen molar-refractivity contribution in [1.29, 1.82) is 0 Å². The number of H-pyrrole nitrogens is 1. The van der Waals surface area contributed by atoms with Crippen LogP contribution in [0.2, 0.25) is 0 Å². The Bertz CT molecular complexity index is 756. The van der Waals surface area contributed by atoms with E-state index in [4.69, 9.17) is 4.74 Å². The van der Waals surface area contributed by atoms with Crippen molar-refractivity contribution < 1.29 is 9.53 Å². The second kappa shape index (κ2) is 7.80. The van der Waals surface area contributed by atoms with Gasteiger partial charge in [-0.2, -0.15) is 0 Å². The molecule has 2 saturated heterocycles. The maximum atomic E-state index is 12.4. The first kappa shape index (κ1) is 17.6. The molecule has 0 bridgehead atoms. The summed E-state index contributed by atoms with van der Waals surface area (Å²) in [5.74, 6) is 0.204. The summed E-state index contributed by atoms with van der Waals surface area (Å²) in [7, 11) is 0. The van der Waals surface area contributed by atoms with Gasteiger partial charge in [-0.15, -0.1) is 0 Å². The number of piperidine rings is 1. The number of nitrogens with zero attached hydrogens (tertiary/aromatic N) is 1. The third kappa shape index (κ3) is 3.64. The number of hydrogen-bond acceptors (Lipinski definition) is 3. The summed E-state index contributed by atoms with van der Waals surface area (Å²) in [6, 6.07) is 6.98. The van der Waals surface area contributed by atoms with E-state index in [-0.39, 0.29) is 12.0 Å². The van der Waals surface area contributed by atoms with Crippen molar-refractivity contribution in [1.82, 2.24) is 15.2 Å². The van der Waals surface area contributed by atoms with Gasteiger partial charge in [-0.1, -0.05) is 18.2 Å². The van der Waals surface area contributed by atoms with Crippen LogP contribution in [-0.2, 0) is 16.0 Å². The number of rotatable bonds is 5. The topological polar surface area (TPSA) is 57.4 Å². The lowest BCUT2D eigenvalue weighted by molar-refractivity contribution is -0.142. The number of fused-ring (bicyclic) bond motifs is 1. The molecule has 5 nitrogen and oxygen atoms in total. The Morgan fingerprint density at radius 2 is 2.15 bits per heavy atom. The summed E-state index contributed by atoms with van der Waals surface area (Å²) in [4.78, 5) is 17.8. The number of amides is 1. The van der Waals surface area contributed by atoms with Crippen LogP contribution in [0.3, 0.4) is 0 Å². The highest BCUT2D eigenvalue weighted by atomic mass is 16.5. The lowest BCUT2D eigenvalue weighted by Crippen LogP contribution is -2.48. The number of carbonyl (C=O) groups excluding carboxylic acids is 1. The molecule has 0 aliphatic carbocycles. The smallest absolute Gasteiger partial charge is 0.251 e. The average Bonchev–Trinajstić information content (AvgIpc) is 3.33. The van der Waals surface area contributed by atoms with E-state index in [1.54, 1.807) is 0 Å². The Kier molecular flexibility index (Phi) is 5.27. The number of hydrogen-bond donors (Lipinski definition) is 2. The van der Waals surface area contributed by atoms with Crippen molar-refractivity contribution in [3.63, 3.8) is 0 Å². The van der Waals surface area contributed by atoms with Crippen molar-refractivity contribution in [3.8, 4) is 0 Å². The zero-order valence-corrected chi connectivity index (χ0v) is 15.6. The number of aromatic nitrogens is 1. The Morgan fingerprint density at radius 3 is 2.92 bits per heavy atom. The van der Waals surface area contributed by atoms with Gasteiger partial charge >= 0.3 is 0 Å². The second-order valence-corrected chi connectivity index (χ2v) is 7.62. The third-order valence-electron chi connectivity index (χ3n) is 5.85. The van der Waals surface area contributed by atoms with Crippen LogP contribution in [0.25, 0.3) is 10.9 Å². The molecule has 0 radical (unpaired) electrons. The molecule has 1 amide bonds. The van der Waals surface area contributed by atoms with Gasteiger partial charge in [-0.05, 0) is 56.7 Å². The van der Waals surface area contributed by atoms with Gasteiger partial charge < -0.3 is 19.9 Å². The molecule has 5 heteroatoms. The summed E-state index contributed by atoms with van der Waals surface area (Å²) >= 11 is 0. The zero-order valence-electron chi connectivity index (χ0n) is 15.6. The molecule has 2 aliphatic rings. The molecule has 3 heterocycles. The van der Waals surface area contributed by atoms with Crippen LogP contribution < -0.4 is 5.32 Å². The number of aromatic amines is 1. The maximum Gasteiger partial charge on any atom is 0.251 e. The average molecular weight is 355 g/mol. The van der Waals surface area contributed by atoms with E-state index in [0.29, 0.717) is 6.04 Å². The quantitative estimate of drug-likeness (QED) is 0.867. The van der Waals surface area contributed by atoms with Crippen LogP contribution in [0.1, 0.15) is 36.8 Å². The molecular formula is C21H29N3O2. The van der Waals surface area contributed by atoms with Gasteiger partial charge in [-0.25, -0.2) is 0 Å². The van der Waals surface area contributed by atoms with E-state index in [2.05, 4.69) is 41.6 Å². The number of benzene rings is 1. The highest BCUT2D eigenvalue weighted by Crippen LogP contribution is 2.22. The molecule has 1 aromatic heterocycles. The fourth-order valence-corrected chi connectivity index (χ4v) is 4.26. The van der Waals surface area contributed by atoms with Gasteiger partial charge in [0.1, 0.15) is 6.10 Å². The monoisotopic (exact) mass is 355 g/mol. The molecular weight excluding hydrogens is 326 g/mol. The van der Waals surface area contributed by atoms with Crippen molar-refractivity contribution in [2.24, 2.45) is 0 Å². The molecule has 1 aromatic carbocycles. The fraction of sp³-hybridized carbons (Fsp3) is 0.571. The molecule has 2 fully saturated rings. The molecule has 26 heavy (non-hydrogen) atoms. The van der Waals surface area contributed by atoms with Crippen molar-refractivity contribution in [2.75, 3.05) is 26.2 Å². The number of aryl methyl sites for hydroxylation is 1. The number of nitrogens with one attached hydrogen (secondary N) is 2. The molecule has 0 spiro atoms. The molecule has 2 N–H and O–H groups in total. The number of likely N-dealkylation sites (tertiary alicyclic amines) is 1. The Morgan fingerprint density at radius 1 is 1.31 bits per heavy atom. The van der Waals surface area contributed by atoms with Gasteiger partial charge in [0.25, 0.3) is 5.91 Å². The van der Waals surface area contributed by atoms with Gasteiger partial charge in [0.15, 0.2) is 0 Å². The van der Waals surface area contributed by atoms with Crippen LogP contribution in [-0.4, -0.2) is 54.2 Å². The summed E-state index contributed by atoms with van der Waals surface area (Å²) in [5.41, 5.74) is 3.93. The van der Waals surface area contributed by atoms with Crippen LogP contribution in [0.15, 0.2) is 24.4 Å². The van der Waals surface area contributed by atoms with Crippen LogP contribution >= 0.6 is 0 Å². The highest BCUT2D eigenvalue weighted by molar-refractivity contribution is 5.85. The van der Waals surface area contributed by atoms with Crippen molar-refractivity contribution in [3.05, 3.63) is 35.5 Å². The molecule has 2 aromatic rings. The lowest BCUT2D eigenvalue weighted by Gasteiger charge is -2.33. The number of carbonyl (C=O) groups is 1. The van der Waals surface area contributed by atoms with E-state index < -0.39 is 0 Å². The minimum absolute atomic E-state index is 0.176. The second-order valence-electron chi connectivity index (χ2n) is 7.62. The third-order valence-corrected chi connectivity index (χ3v) is 5.85. The van der Waals surface area contributed by atoms with Crippen molar-refractivity contribution in [2.45, 2.75) is 51.2 Å². The first-order valence-corrected chi connectivity index (χ1v) is 9.92. The zero-order chi connectivity index (χ0) is 17.9. The van der Waals surface area contributed by atoms with E-state index in [9.17, 15) is 4.79 Å². The van der Waals surface area contributed by atoms with Gasteiger partial charge in [0, 0.05) is 42.8 Å². The number of para-hydroxylation sites is 1. The summed E-state index contributed by atoms with van der Waals surface area (Å²) in [6.07, 6.45) is 6.96. The van der Waals surface area contributed by atoms with Gasteiger partial charge in [0.2, 0.25) is 0 Å². The predicted octanol–water partition coefficient (Wildman–Crippen LogP) is 2.78. The largest absolute Gasteiger partial charge is 0.368 e. The summed E-state index contributed by atoms with van der Waals surface area (Å²) in [5, 5.41) is 5.02. The fourth-order valence-electron chi connectivity index (χ4n) is 4.26. The Hall–Kier alpha value is -1.85. The van der Waals surface area contributed by atoms with Crippen LogP contribution in [0, 0.1) is 6.92 Å². The molecule has 140 valence electrons. The minimum Gasteiger partial charge on any atom is -0.368 e. The normalized spacial score (nSPS) is 21.6. The SMILES string of the molecule is Cc1cccc2c(CCNC3CCN(C(=O)[C@H]4CCCO4)CC3)c[nH]c12. The van der Waals surface area contributed by atoms with E-state index in [0.717, 1.165) is 58.3 Å². The van der Waals surface area contributed by atoms with Crippen LogP contribution in [0.5, 0.6) is 0 Å². The molecule has 4 rings (SSSR count). The van der Waals surface area contributed by atoms with Gasteiger partial charge in [0.05, 0.1) is 0 Å². The molecule has 0 saturated carbocycles. The number of ether oxygens (including phenoxy) is 1. The standard InChI is InChI=1S/C21H29N3O2/c1-15-4-2-5-18-16(14-23-20(15)18)7-10-22-17-8-11-24(12-9-17)21(25)19-6-3-13-26-19/h2,4-5,14,17,19,22-23H,3,6-13H2,1H3/t19-/m1/s1. The summed E-state index contributed by atoms with van der Waals surface area (Å²) < 4.78 is 5.53. The van der Waals surface area contributed by atoms with E-state index in [1.807, 2.05) is 4.90 Å². The first-order valence-electron chi connectivity index (χ1n) is 9.92. The predicted molar refractivity (Wildman–Crippen MR) is 103 cm³/mol. The Balaban J connectivity index is 1.23. The minimum atomic E-state index is -0.176. The maximum absolute atomic E-state index is 12.4. The molecule has 0 unspecified atom stereocenters.